The lowest BCUT2D eigenvalue weighted by Gasteiger charge is -2.12. The van der Waals surface area contributed by atoms with Crippen molar-refractivity contribution in [3.05, 3.63) is 28.6 Å². The number of thiophene rings is 1. The summed E-state index contributed by atoms with van der Waals surface area (Å²) < 4.78 is 1.07. The van der Waals surface area contributed by atoms with Gasteiger partial charge in [0.1, 0.15) is 4.88 Å². The van der Waals surface area contributed by atoms with Crippen molar-refractivity contribution >= 4 is 44.8 Å². The van der Waals surface area contributed by atoms with E-state index in [9.17, 15) is 4.79 Å². The van der Waals surface area contributed by atoms with Crippen LogP contribution >= 0.6 is 23.1 Å². The molecule has 0 saturated heterocycles. The average Bonchev–Trinajstić information content (AvgIpc) is 2.73. The molecule has 1 amide bonds. The maximum atomic E-state index is 12.3. The Hall–Kier alpha value is -1.20. The van der Waals surface area contributed by atoms with Gasteiger partial charge in [-0.05, 0) is 31.2 Å². The van der Waals surface area contributed by atoms with Gasteiger partial charge in [0.05, 0.1) is 5.69 Å². The molecule has 1 aromatic heterocycles. The number of fused-ring (bicyclic) bond motifs is 1. The third kappa shape index (κ3) is 3.27. The Morgan fingerprint density at radius 3 is 2.95 bits per heavy atom. The zero-order valence-corrected chi connectivity index (χ0v) is 13.7. The summed E-state index contributed by atoms with van der Waals surface area (Å²) >= 11 is 3.29. The third-order valence-corrected chi connectivity index (χ3v) is 5.35. The number of aryl methyl sites for hydroxylation is 1. The van der Waals surface area contributed by atoms with Crippen LogP contribution in [0.2, 0.25) is 0 Å². The molecule has 1 aromatic carbocycles. The molecule has 0 spiro atoms. The monoisotopic (exact) mass is 308 g/mol. The number of carbonyl (C=O) groups is 1. The Labute approximate surface area is 127 Å². The van der Waals surface area contributed by atoms with Gasteiger partial charge >= 0.3 is 0 Å². The smallest absolute Gasteiger partial charge is 0.263 e. The molecule has 1 heterocycles. The molecule has 1 atom stereocenters. The number of rotatable bonds is 5. The molecule has 108 valence electrons. The first kappa shape index (κ1) is 15.2. The van der Waals surface area contributed by atoms with Gasteiger partial charge in [0.15, 0.2) is 0 Å². The lowest BCUT2D eigenvalue weighted by atomic mass is 10.1. The molecule has 3 N–H and O–H groups in total. The summed E-state index contributed by atoms with van der Waals surface area (Å²) in [5.41, 5.74) is 7.88. The minimum absolute atomic E-state index is 0.0643. The van der Waals surface area contributed by atoms with E-state index in [0.717, 1.165) is 21.6 Å². The zero-order chi connectivity index (χ0) is 14.7. The summed E-state index contributed by atoms with van der Waals surface area (Å²) in [6, 6.07) is 6.24. The predicted molar refractivity (Wildman–Crippen MR) is 90.9 cm³/mol. The van der Waals surface area contributed by atoms with Crippen molar-refractivity contribution in [1.82, 2.24) is 5.32 Å². The number of anilines is 1. The maximum absolute atomic E-state index is 12.3. The molecule has 2 rings (SSSR count). The first-order valence-electron chi connectivity index (χ1n) is 6.70. The normalized spacial score (nSPS) is 12.6. The molecule has 0 aliphatic heterocycles. The van der Waals surface area contributed by atoms with E-state index in [1.54, 1.807) is 0 Å². The van der Waals surface area contributed by atoms with Gasteiger partial charge in [0.25, 0.3) is 5.91 Å². The van der Waals surface area contributed by atoms with Crippen molar-refractivity contribution in [1.29, 1.82) is 0 Å². The average molecular weight is 308 g/mol. The molecule has 5 heteroatoms. The van der Waals surface area contributed by atoms with Crippen LogP contribution in [0.3, 0.4) is 0 Å². The number of hydrogen-bond donors (Lipinski definition) is 2. The van der Waals surface area contributed by atoms with Crippen LogP contribution in [0.4, 0.5) is 5.69 Å². The number of benzene rings is 1. The molecule has 0 aliphatic carbocycles. The summed E-state index contributed by atoms with van der Waals surface area (Å²) in [7, 11) is 0. The highest BCUT2D eigenvalue weighted by Crippen LogP contribution is 2.34. The van der Waals surface area contributed by atoms with Crippen molar-refractivity contribution in [2.45, 2.75) is 26.8 Å². The highest BCUT2D eigenvalue weighted by atomic mass is 32.2. The van der Waals surface area contributed by atoms with Gasteiger partial charge < -0.3 is 11.1 Å². The lowest BCUT2D eigenvalue weighted by molar-refractivity contribution is 0.0948. The van der Waals surface area contributed by atoms with E-state index >= 15 is 0 Å². The number of hydrogen-bond acceptors (Lipinski definition) is 4. The van der Waals surface area contributed by atoms with E-state index < -0.39 is 0 Å². The van der Waals surface area contributed by atoms with E-state index in [-0.39, 0.29) is 11.9 Å². The molecule has 1 unspecified atom stereocenters. The van der Waals surface area contributed by atoms with Crippen molar-refractivity contribution in [2.75, 3.05) is 17.2 Å². The Morgan fingerprint density at radius 2 is 2.25 bits per heavy atom. The van der Waals surface area contributed by atoms with Crippen LogP contribution in [0.25, 0.3) is 10.1 Å². The van der Waals surface area contributed by atoms with Gasteiger partial charge in [0, 0.05) is 21.9 Å². The molecular weight excluding hydrogens is 288 g/mol. The number of amides is 1. The first-order chi connectivity index (χ1) is 9.52. The predicted octanol–water partition coefficient (Wildman–Crippen LogP) is 3.66. The molecule has 0 bridgehead atoms. The van der Waals surface area contributed by atoms with Crippen molar-refractivity contribution < 1.29 is 4.79 Å². The van der Waals surface area contributed by atoms with Crippen molar-refractivity contribution in [3.8, 4) is 0 Å². The summed E-state index contributed by atoms with van der Waals surface area (Å²) in [4.78, 5) is 12.9. The minimum Gasteiger partial charge on any atom is -0.397 e. The quantitative estimate of drug-likeness (QED) is 0.886. The van der Waals surface area contributed by atoms with Crippen LogP contribution in [0.15, 0.2) is 18.2 Å². The fourth-order valence-electron chi connectivity index (χ4n) is 2.02. The molecule has 0 radical (unpaired) electrons. The molecule has 2 aromatic rings. The Morgan fingerprint density at radius 1 is 1.50 bits per heavy atom. The highest BCUT2D eigenvalue weighted by Gasteiger charge is 2.17. The van der Waals surface area contributed by atoms with Gasteiger partial charge in [-0.2, -0.15) is 11.8 Å². The number of nitrogens with one attached hydrogen (secondary N) is 1. The molecule has 0 fully saturated rings. The second-order valence-electron chi connectivity index (χ2n) is 4.88. The number of nitrogen functional groups attached to an aromatic ring is 1. The van der Waals surface area contributed by atoms with Crippen LogP contribution in [0.1, 0.15) is 29.1 Å². The molecule has 3 nitrogen and oxygen atoms in total. The standard InChI is InChI=1S/C15H20N2OS2/c1-4-19-8-10(3)17-15(18)14-13(16)11-6-5-9(2)7-12(11)20-14/h5-7,10H,4,8,16H2,1-3H3,(H,17,18). The van der Waals surface area contributed by atoms with Gasteiger partial charge in [-0.25, -0.2) is 0 Å². The summed E-state index contributed by atoms with van der Waals surface area (Å²) in [6.45, 7) is 6.18. The van der Waals surface area contributed by atoms with Crippen LogP contribution in [0, 0.1) is 6.92 Å². The summed E-state index contributed by atoms with van der Waals surface area (Å²) in [5.74, 6) is 1.92. The summed E-state index contributed by atoms with van der Waals surface area (Å²) in [6.07, 6.45) is 0. The Balaban J connectivity index is 2.20. The van der Waals surface area contributed by atoms with Crippen molar-refractivity contribution in [3.63, 3.8) is 0 Å². The van der Waals surface area contributed by atoms with Crippen LogP contribution in [0.5, 0.6) is 0 Å². The molecular formula is C15H20N2OS2. The Bertz CT molecular complexity index is 622. The maximum Gasteiger partial charge on any atom is 0.263 e. The van der Waals surface area contributed by atoms with Gasteiger partial charge in [-0.3, -0.25) is 4.79 Å². The van der Waals surface area contributed by atoms with Gasteiger partial charge in [0.2, 0.25) is 0 Å². The molecule has 0 saturated carbocycles. The fourth-order valence-corrected chi connectivity index (χ4v) is 3.81. The molecule has 0 aliphatic rings. The van der Waals surface area contributed by atoms with Gasteiger partial charge in [-0.1, -0.05) is 19.1 Å². The van der Waals surface area contributed by atoms with Crippen molar-refractivity contribution in [2.24, 2.45) is 0 Å². The zero-order valence-electron chi connectivity index (χ0n) is 12.0. The van der Waals surface area contributed by atoms with Crippen LogP contribution in [-0.2, 0) is 0 Å². The van der Waals surface area contributed by atoms with Crippen LogP contribution < -0.4 is 11.1 Å². The summed E-state index contributed by atoms with van der Waals surface area (Å²) in [5, 5.41) is 3.99. The number of nitrogens with two attached hydrogens (primary N) is 1. The highest BCUT2D eigenvalue weighted by molar-refractivity contribution is 7.99. The minimum atomic E-state index is -0.0643. The number of carbonyl (C=O) groups excluding carboxylic acids is 1. The van der Waals surface area contributed by atoms with Gasteiger partial charge in [-0.15, -0.1) is 11.3 Å². The third-order valence-electron chi connectivity index (χ3n) is 3.04. The van der Waals surface area contributed by atoms with E-state index in [0.29, 0.717) is 10.6 Å². The van der Waals surface area contributed by atoms with E-state index in [4.69, 9.17) is 5.73 Å². The van der Waals surface area contributed by atoms with E-state index in [1.807, 2.05) is 37.7 Å². The SMILES string of the molecule is CCSCC(C)NC(=O)c1sc2cc(C)ccc2c1N. The van der Waals surface area contributed by atoms with E-state index in [2.05, 4.69) is 18.3 Å². The first-order valence-corrected chi connectivity index (χ1v) is 8.67. The topological polar surface area (TPSA) is 55.1 Å². The van der Waals surface area contributed by atoms with Crippen LogP contribution in [-0.4, -0.2) is 23.5 Å². The lowest BCUT2D eigenvalue weighted by Crippen LogP contribution is -2.34. The fraction of sp³-hybridized carbons (Fsp3) is 0.400. The molecule has 20 heavy (non-hydrogen) atoms. The largest absolute Gasteiger partial charge is 0.397 e. The number of thioether (sulfide) groups is 1. The van der Waals surface area contributed by atoms with E-state index in [1.165, 1.54) is 16.9 Å². The second kappa shape index (κ2) is 6.50. The second-order valence-corrected chi connectivity index (χ2v) is 7.25. The Kier molecular flexibility index (Phi) is 4.94.